The predicted octanol–water partition coefficient (Wildman–Crippen LogP) is 5.85. The molecule has 1 saturated heterocycles. The lowest BCUT2D eigenvalue weighted by Gasteiger charge is -2.33. The van der Waals surface area contributed by atoms with E-state index < -0.39 is 15.4 Å². The van der Waals surface area contributed by atoms with Gasteiger partial charge >= 0.3 is 0 Å². The predicted molar refractivity (Wildman–Crippen MR) is 130 cm³/mol. The maximum absolute atomic E-state index is 14.2. The highest BCUT2D eigenvalue weighted by Crippen LogP contribution is 2.60. The second-order valence-electron chi connectivity index (χ2n) is 8.95. The van der Waals surface area contributed by atoms with Crippen LogP contribution in [0, 0.1) is 5.82 Å². The number of rotatable bonds is 3. The standard InChI is InChI=1S/C26H22ClFN2O2S/c1-25(2)16-30(23(31)18-9-6-10-20(28)13-18)26(33-25)21-14-19(27)11-12-22(21)29(24(26)32)15-17-7-4-3-5-8-17/h3-14H,15-16H2,1-2H3/t26-/m1/s1. The van der Waals surface area contributed by atoms with Crippen molar-refractivity contribution < 1.29 is 14.0 Å². The Hall–Kier alpha value is -2.83. The molecule has 5 rings (SSSR count). The SMILES string of the molecule is CC1(C)CN(C(=O)c2cccc(F)c2)[C@]2(S1)C(=O)N(Cc1ccccc1)c1ccc(Cl)cc12. The molecule has 2 heterocycles. The Morgan fingerprint density at radius 3 is 2.55 bits per heavy atom. The quantitative estimate of drug-likeness (QED) is 0.472. The van der Waals surface area contributed by atoms with Crippen LogP contribution >= 0.6 is 23.4 Å². The molecule has 3 aromatic rings. The third-order valence-electron chi connectivity index (χ3n) is 5.99. The third-order valence-corrected chi connectivity index (χ3v) is 7.82. The summed E-state index contributed by atoms with van der Waals surface area (Å²) in [6.07, 6.45) is 0. The van der Waals surface area contributed by atoms with Crippen LogP contribution in [0.25, 0.3) is 0 Å². The molecule has 0 aromatic heterocycles. The number of anilines is 1. The summed E-state index contributed by atoms with van der Waals surface area (Å²) in [6, 6.07) is 20.7. The van der Waals surface area contributed by atoms with Crippen LogP contribution in [0.3, 0.4) is 0 Å². The highest BCUT2D eigenvalue weighted by Gasteiger charge is 2.63. The van der Waals surface area contributed by atoms with E-state index in [9.17, 15) is 14.0 Å². The molecule has 1 spiro atoms. The van der Waals surface area contributed by atoms with Gasteiger partial charge in [0.15, 0.2) is 4.87 Å². The summed E-state index contributed by atoms with van der Waals surface area (Å²) in [4.78, 5) is 29.9. The first-order valence-corrected chi connectivity index (χ1v) is 11.8. The number of thioether (sulfide) groups is 1. The van der Waals surface area contributed by atoms with E-state index in [1.165, 1.54) is 30.0 Å². The molecule has 2 aliphatic heterocycles. The minimum Gasteiger partial charge on any atom is -0.310 e. The molecule has 33 heavy (non-hydrogen) atoms. The number of carbonyl (C=O) groups excluding carboxylic acids is 2. The van der Waals surface area contributed by atoms with E-state index in [0.717, 1.165) is 11.3 Å². The second-order valence-corrected chi connectivity index (χ2v) is 11.3. The van der Waals surface area contributed by atoms with Crippen molar-refractivity contribution in [2.45, 2.75) is 30.0 Å². The number of amides is 2. The summed E-state index contributed by atoms with van der Waals surface area (Å²) >= 11 is 7.83. The lowest BCUT2D eigenvalue weighted by molar-refractivity contribution is -0.123. The van der Waals surface area contributed by atoms with E-state index in [1.54, 1.807) is 28.0 Å². The minimum atomic E-state index is -1.28. The van der Waals surface area contributed by atoms with E-state index in [-0.39, 0.29) is 17.4 Å². The first-order chi connectivity index (χ1) is 15.7. The van der Waals surface area contributed by atoms with Crippen molar-refractivity contribution in [3.05, 3.63) is 100 Å². The molecule has 4 nitrogen and oxygen atoms in total. The lowest BCUT2D eigenvalue weighted by Crippen LogP contribution is -2.50. The fraction of sp³-hybridized carbons (Fsp3) is 0.231. The van der Waals surface area contributed by atoms with Gasteiger partial charge in [0.05, 0.1) is 12.2 Å². The normalized spacial score (nSPS) is 21.0. The molecule has 7 heteroatoms. The molecule has 0 radical (unpaired) electrons. The molecular weight excluding hydrogens is 459 g/mol. The zero-order valence-corrected chi connectivity index (χ0v) is 19.8. The monoisotopic (exact) mass is 480 g/mol. The number of hydrogen-bond donors (Lipinski definition) is 0. The largest absolute Gasteiger partial charge is 0.310 e. The summed E-state index contributed by atoms with van der Waals surface area (Å²) in [5, 5.41) is 0.492. The van der Waals surface area contributed by atoms with E-state index in [2.05, 4.69) is 0 Å². The van der Waals surface area contributed by atoms with Gasteiger partial charge < -0.3 is 9.80 Å². The Kier molecular flexibility index (Phi) is 5.26. The van der Waals surface area contributed by atoms with Crippen LogP contribution in [-0.2, 0) is 16.2 Å². The average molecular weight is 481 g/mol. The fourth-order valence-corrected chi connectivity index (χ4v) is 6.57. The molecule has 1 atom stereocenters. The highest BCUT2D eigenvalue weighted by molar-refractivity contribution is 8.02. The summed E-state index contributed by atoms with van der Waals surface area (Å²) in [5.41, 5.74) is 2.62. The molecule has 2 aliphatic rings. The van der Waals surface area contributed by atoms with Gasteiger partial charge in [0, 0.05) is 27.4 Å². The average Bonchev–Trinajstić information content (AvgIpc) is 3.20. The van der Waals surface area contributed by atoms with Crippen molar-refractivity contribution >= 4 is 40.9 Å². The van der Waals surface area contributed by atoms with Gasteiger partial charge in [-0.15, -0.1) is 11.8 Å². The Balaban J connectivity index is 1.66. The summed E-state index contributed by atoms with van der Waals surface area (Å²) in [5.74, 6) is -1.06. The van der Waals surface area contributed by atoms with Crippen LogP contribution in [-0.4, -0.2) is 28.0 Å². The van der Waals surface area contributed by atoms with Gasteiger partial charge in [-0.1, -0.05) is 48.0 Å². The second kappa shape index (κ2) is 7.89. The van der Waals surface area contributed by atoms with Gasteiger partial charge in [-0.2, -0.15) is 0 Å². The lowest BCUT2D eigenvalue weighted by atomic mass is 10.0. The first-order valence-electron chi connectivity index (χ1n) is 10.6. The molecule has 0 saturated carbocycles. The number of hydrogen-bond acceptors (Lipinski definition) is 3. The Morgan fingerprint density at radius 2 is 1.82 bits per heavy atom. The molecule has 2 amide bonds. The van der Waals surface area contributed by atoms with Gasteiger partial charge in [-0.3, -0.25) is 9.59 Å². The molecule has 0 bridgehead atoms. The molecule has 1 fully saturated rings. The van der Waals surface area contributed by atoms with Gasteiger partial charge in [0.1, 0.15) is 5.82 Å². The number of carbonyl (C=O) groups is 2. The van der Waals surface area contributed by atoms with Gasteiger partial charge in [-0.05, 0) is 55.8 Å². The van der Waals surface area contributed by atoms with Crippen molar-refractivity contribution in [1.29, 1.82) is 0 Å². The number of fused-ring (bicyclic) bond motifs is 2. The van der Waals surface area contributed by atoms with Crippen LogP contribution in [0.4, 0.5) is 10.1 Å². The van der Waals surface area contributed by atoms with Gasteiger partial charge in [0.25, 0.3) is 11.8 Å². The fourth-order valence-electron chi connectivity index (χ4n) is 4.68. The van der Waals surface area contributed by atoms with Crippen LogP contribution < -0.4 is 4.90 Å². The Bertz CT molecular complexity index is 1270. The van der Waals surface area contributed by atoms with Crippen LogP contribution in [0.5, 0.6) is 0 Å². The van der Waals surface area contributed by atoms with Gasteiger partial charge in [0.2, 0.25) is 0 Å². The third kappa shape index (κ3) is 3.62. The minimum absolute atomic E-state index is 0.191. The van der Waals surface area contributed by atoms with Crippen LogP contribution in [0.1, 0.15) is 35.3 Å². The van der Waals surface area contributed by atoms with Crippen molar-refractivity contribution in [1.82, 2.24) is 4.90 Å². The van der Waals surface area contributed by atoms with Gasteiger partial charge in [-0.25, -0.2) is 4.39 Å². The first kappa shape index (κ1) is 22.0. The Morgan fingerprint density at radius 1 is 1.06 bits per heavy atom. The number of halogens is 2. The summed E-state index contributed by atoms with van der Waals surface area (Å²) < 4.78 is 13.5. The summed E-state index contributed by atoms with van der Waals surface area (Å²) in [7, 11) is 0. The highest BCUT2D eigenvalue weighted by atomic mass is 35.5. The van der Waals surface area contributed by atoms with Crippen molar-refractivity contribution in [2.24, 2.45) is 0 Å². The van der Waals surface area contributed by atoms with Crippen LogP contribution in [0.15, 0.2) is 72.8 Å². The van der Waals surface area contributed by atoms with E-state index >= 15 is 0 Å². The zero-order chi connectivity index (χ0) is 23.4. The maximum atomic E-state index is 14.2. The number of benzene rings is 3. The summed E-state index contributed by atoms with van der Waals surface area (Å²) in [6.45, 7) is 4.73. The molecular formula is C26H22ClFN2O2S. The van der Waals surface area contributed by atoms with Crippen molar-refractivity contribution in [3.8, 4) is 0 Å². The molecule has 168 valence electrons. The van der Waals surface area contributed by atoms with E-state index in [4.69, 9.17) is 11.6 Å². The maximum Gasteiger partial charge on any atom is 0.268 e. The molecule has 3 aromatic carbocycles. The zero-order valence-electron chi connectivity index (χ0n) is 18.2. The molecule has 0 unspecified atom stereocenters. The van der Waals surface area contributed by atoms with Crippen molar-refractivity contribution in [3.63, 3.8) is 0 Å². The topological polar surface area (TPSA) is 40.6 Å². The smallest absolute Gasteiger partial charge is 0.268 e. The molecule has 0 N–H and O–H groups in total. The van der Waals surface area contributed by atoms with Crippen molar-refractivity contribution in [2.75, 3.05) is 11.4 Å². The van der Waals surface area contributed by atoms with E-state index in [0.29, 0.717) is 23.7 Å². The van der Waals surface area contributed by atoms with Crippen LogP contribution in [0.2, 0.25) is 5.02 Å². The number of nitrogens with zero attached hydrogens (tertiary/aromatic N) is 2. The Labute approximate surface area is 201 Å². The van der Waals surface area contributed by atoms with E-state index in [1.807, 2.05) is 50.2 Å². The molecule has 0 aliphatic carbocycles.